The number of carbonyl (C=O) groups is 3. The number of nitrogens with zero attached hydrogens (tertiary/aromatic N) is 3. The summed E-state index contributed by atoms with van der Waals surface area (Å²) in [7, 11) is 0. The number of carbonyl (C=O) groups excluding carboxylic acids is 3. The van der Waals surface area contributed by atoms with E-state index >= 15 is 0 Å². The van der Waals surface area contributed by atoms with Crippen molar-refractivity contribution in [3.63, 3.8) is 0 Å². The Morgan fingerprint density at radius 1 is 0.795 bits per heavy atom. The number of unbranched alkanes of at least 4 members (excludes halogenated alkanes) is 5. The van der Waals surface area contributed by atoms with Gasteiger partial charge in [-0.3, -0.25) is 29.0 Å². The molecule has 44 heavy (non-hydrogen) atoms. The number of piperidine rings is 1. The molecule has 3 aromatic rings. The summed E-state index contributed by atoms with van der Waals surface area (Å²) in [6.07, 6.45) is 10.7. The maximum absolute atomic E-state index is 13.4. The Morgan fingerprint density at radius 3 is 2.00 bits per heavy atom. The number of nitrogens with one attached hydrogen (secondary N) is 1. The van der Waals surface area contributed by atoms with Crippen molar-refractivity contribution in [2.45, 2.75) is 102 Å². The van der Waals surface area contributed by atoms with Gasteiger partial charge in [-0.05, 0) is 88.6 Å². The molecule has 0 spiro atoms. The summed E-state index contributed by atoms with van der Waals surface area (Å²) in [5, 5.41) is 4.14. The predicted molar refractivity (Wildman–Crippen MR) is 172 cm³/mol. The van der Waals surface area contributed by atoms with Crippen LogP contribution < -0.4 is 10.9 Å². The van der Waals surface area contributed by atoms with Crippen molar-refractivity contribution in [1.82, 2.24) is 19.7 Å². The molecule has 2 fully saturated rings. The number of para-hydroxylation sites is 1. The number of fused-ring (bicyclic) bond motifs is 4. The third-order valence-electron chi connectivity index (χ3n) is 9.85. The summed E-state index contributed by atoms with van der Waals surface area (Å²) < 4.78 is 1.73. The molecule has 3 aliphatic heterocycles. The highest BCUT2D eigenvalue weighted by Crippen LogP contribution is 2.36. The molecular formula is C36H44N4O4. The smallest absolute Gasteiger partial charge is 0.264 e. The number of aromatic nitrogens is 1. The Hall–Kier alpha value is -3.78. The van der Waals surface area contributed by atoms with Crippen LogP contribution >= 0.6 is 0 Å². The molecule has 8 nitrogen and oxygen atoms in total. The first kappa shape index (κ1) is 30.3. The molecule has 6 rings (SSSR count). The second-order valence-electron chi connectivity index (χ2n) is 13.1. The van der Waals surface area contributed by atoms with Gasteiger partial charge in [0.1, 0.15) is 5.56 Å². The van der Waals surface area contributed by atoms with E-state index < -0.39 is 0 Å². The maximum atomic E-state index is 13.4. The molecule has 2 saturated heterocycles. The Bertz CT molecular complexity index is 1560. The van der Waals surface area contributed by atoms with E-state index in [9.17, 15) is 19.2 Å². The zero-order valence-corrected chi connectivity index (χ0v) is 26.0. The Morgan fingerprint density at radius 2 is 1.36 bits per heavy atom. The standard InChI is InChI=1S/C36H44N4O4/c1-24(2)40-32-16-10-7-13-25(32)21-31(36(40)44)33(41)37-26-22-27-17-18-28(23-26)38(27)19-11-5-3-4-6-12-20-39-34(42)29-14-8-9-15-30(29)35(39)43/h7-10,13-16,21,24,26-28H,3-6,11-12,17-20,22-23H2,1-2H3,(H,37,41)/t26?,27-,28+. The van der Waals surface area contributed by atoms with Crippen molar-refractivity contribution >= 4 is 28.6 Å². The van der Waals surface area contributed by atoms with E-state index in [2.05, 4.69) is 10.2 Å². The van der Waals surface area contributed by atoms with Crippen molar-refractivity contribution < 1.29 is 14.4 Å². The van der Waals surface area contributed by atoms with Crippen LogP contribution in [-0.2, 0) is 0 Å². The van der Waals surface area contributed by atoms with Crippen LogP contribution in [-0.4, -0.2) is 63.3 Å². The van der Waals surface area contributed by atoms with Gasteiger partial charge in [0.15, 0.2) is 0 Å². The predicted octanol–water partition coefficient (Wildman–Crippen LogP) is 5.94. The third-order valence-corrected chi connectivity index (χ3v) is 9.85. The summed E-state index contributed by atoms with van der Waals surface area (Å²) in [5.41, 5.74) is 1.92. The van der Waals surface area contributed by atoms with Gasteiger partial charge in [-0.2, -0.15) is 0 Å². The minimum absolute atomic E-state index is 0.0380. The molecule has 232 valence electrons. The van der Waals surface area contributed by atoms with E-state index in [4.69, 9.17) is 0 Å². The lowest BCUT2D eigenvalue weighted by Crippen LogP contribution is -2.51. The highest BCUT2D eigenvalue weighted by atomic mass is 16.2. The zero-order valence-electron chi connectivity index (χ0n) is 26.0. The molecule has 0 radical (unpaired) electrons. The Labute approximate surface area is 259 Å². The number of pyridine rings is 1. The number of rotatable bonds is 12. The summed E-state index contributed by atoms with van der Waals surface area (Å²) in [4.78, 5) is 55.8. The van der Waals surface area contributed by atoms with E-state index in [1.165, 1.54) is 24.2 Å². The second-order valence-corrected chi connectivity index (χ2v) is 13.1. The fourth-order valence-corrected chi connectivity index (χ4v) is 7.69. The Kier molecular flexibility index (Phi) is 8.98. The van der Waals surface area contributed by atoms with Crippen molar-refractivity contribution in [3.8, 4) is 0 Å². The van der Waals surface area contributed by atoms with Crippen LogP contribution in [0, 0.1) is 0 Å². The lowest BCUT2D eigenvalue weighted by atomic mass is 9.96. The van der Waals surface area contributed by atoms with Gasteiger partial charge in [0.05, 0.1) is 16.6 Å². The first-order chi connectivity index (χ1) is 21.3. The third kappa shape index (κ3) is 5.96. The second kappa shape index (κ2) is 13.1. The minimum Gasteiger partial charge on any atom is -0.349 e. The first-order valence-corrected chi connectivity index (χ1v) is 16.5. The van der Waals surface area contributed by atoms with Crippen LogP contribution in [0.2, 0.25) is 0 Å². The molecule has 2 aromatic carbocycles. The number of imide groups is 1. The average molecular weight is 597 g/mol. The number of amides is 3. The van der Waals surface area contributed by atoms with E-state index in [0.29, 0.717) is 29.8 Å². The van der Waals surface area contributed by atoms with Gasteiger partial charge < -0.3 is 9.88 Å². The van der Waals surface area contributed by atoms with Crippen molar-refractivity contribution in [3.05, 3.63) is 81.6 Å². The van der Waals surface area contributed by atoms with Crippen LogP contribution in [0.5, 0.6) is 0 Å². The molecule has 3 aliphatic rings. The molecule has 3 atom stereocenters. The van der Waals surface area contributed by atoms with Crippen LogP contribution in [0.3, 0.4) is 0 Å². The molecule has 4 heterocycles. The van der Waals surface area contributed by atoms with E-state index in [-0.39, 0.29) is 40.9 Å². The fraction of sp³-hybridized carbons (Fsp3) is 0.500. The molecule has 1 N–H and O–H groups in total. The monoisotopic (exact) mass is 596 g/mol. The van der Waals surface area contributed by atoms with Gasteiger partial charge in [-0.25, -0.2) is 0 Å². The maximum Gasteiger partial charge on any atom is 0.264 e. The molecule has 0 saturated carbocycles. The number of hydrogen-bond acceptors (Lipinski definition) is 5. The molecule has 0 aliphatic carbocycles. The van der Waals surface area contributed by atoms with Crippen molar-refractivity contribution in [2.75, 3.05) is 13.1 Å². The molecule has 2 bridgehead atoms. The molecule has 1 aromatic heterocycles. The zero-order chi connectivity index (χ0) is 30.8. The van der Waals surface area contributed by atoms with Gasteiger partial charge in [0.2, 0.25) is 0 Å². The summed E-state index contributed by atoms with van der Waals surface area (Å²) in [6.45, 7) is 5.54. The van der Waals surface area contributed by atoms with E-state index in [0.717, 1.165) is 62.4 Å². The van der Waals surface area contributed by atoms with E-state index in [1.54, 1.807) is 34.9 Å². The van der Waals surface area contributed by atoms with E-state index in [1.807, 2.05) is 38.1 Å². The molecule has 1 unspecified atom stereocenters. The quantitative estimate of drug-likeness (QED) is 0.206. The van der Waals surface area contributed by atoms with Crippen molar-refractivity contribution in [2.24, 2.45) is 0 Å². The first-order valence-electron chi connectivity index (χ1n) is 16.5. The van der Waals surface area contributed by atoms with Crippen molar-refractivity contribution in [1.29, 1.82) is 0 Å². The summed E-state index contributed by atoms with van der Waals surface area (Å²) in [5.74, 6) is -0.575. The lowest BCUT2D eigenvalue weighted by Gasteiger charge is -2.39. The van der Waals surface area contributed by atoms with Crippen LogP contribution in [0.25, 0.3) is 10.9 Å². The van der Waals surface area contributed by atoms with Gasteiger partial charge in [0.25, 0.3) is 23.3 Å². The topological polar surface area (TPSA) is 91.7 Å². The Balaban J connectivity index is 0.923. The molecule has 8 heteroatoms. The highest BCUT2D eigenvalue weighted by molar-refractivity contribution is 6.21. The van der Waals surface area contributed by atoms with Crippen LogP contribution in [0.15, 0.2) is 59.4 Å². The fourth-order valence-electron chi connectivity index (χ4n) is 7.69. The average Bonchev–Trinajstić information content (AvgIpc) is 3.40. The summed E-state index contributed by atoms with van der Waals surface area (Å²) in [6, 6.07) is 17.6. The van der Waals surface area contributed by atoms with Gasteiger partial charge in [0, 0.05) is 30.7 Å². The van der Waals surface area contributed by atoms with Gasteiger partial charge in [-0.15, -0.1) is 0 Å². The number of hydrogen-bond donors (Lipinski definition) is 1. The summed E-state index contributed by atoms with van der Waals surface area (Å²) >= 11 is 0. The van der Waals surface area contributed by atoms with Gasteiger partial charge >= 0.3 is 0 Å². The van der Waals surface area contributed by atoms with Crippen LogP contribution in [0.4, 0.5) is 0 Å². The minimum atomic E-state index is -0.254. The van der Waals surface area contributed by atoms with Gasteiger partial charge in [-0.1, -0.05) is 56.0 Å². The molecule has 3 amide bonds. The lowest BCUT2D eigenvalue weighted by molar-refractivity contribution is 0.0650. The molecular weight excluding hydrogens is 552 g/mol. The largest absolute Gasteiger partial charge is 0.349 e. The number of benzene rings is 2. The van der Waals surface area contributed by atoms with Crippen LogP contribution in [0.1, 0.15) is 115 Å². The highest BCUT2D eigenvalue weighted by Gasteiger charge is 2.41. The SMILES string of the molecule is CC(C)n1c(=O)c(C(=O)NC2C[C@H]3CC[C@@H](C2)N3CCCCCCCCN2C(=O)c3ccccc3C2=O)cc2ccccc21. The normalized spacial score (nSPS) is 21.4.